The first-order valence-corrected chi connectivity index (χ1v) is 9.63. The molecule has 2 aliphatic rings. The van der Waals surface area contributed by atoms with Crippen LogP contribution in [-0.4, -0.2) is 33.6 Å². The third-order valence-electron chi connectivity index (χ3n) is 5.46. The van der Waals surface area contributed by atoms with Gasteiger partial charge >= 0.3 is 6.09 Å². The van der Waals surface area contributed by atoms with E-state index >= 15 is 0 Å². The second-order valence-electron chi connectivity index (χ2n) is 8.31. The van der Waals surface area contributed by atoms with Gasteiger partial charge in [0, 0.05) is 17.5 Å². The first kappa shape index (κ1) is 17.8. The molecular formula is C22H26N2O3. The SMILES string of the molecule is C/C=C1/CC[C@@H]2c3c(c4ccccc4n3C(=O)OC(C)(C)C)CCN2C1=O. The molecule has 0 radical (unpaired) electrons. The highest BCUT2D eigenvalue weighted by Crippen LogP contribution is 2.43. The molecule has 5 nitrogen and oxygen atoms in total. The van der Waals surface area contributed by atoms with Gasteiger partial charge in [0.15, 0.2) is 0 Å². The maximum absolute atomic E-state index is 13.1. The Balaban J connectivity index is 1.89. The summed E-state index contributed by atoms with van der Waals surface area (Å²) in [7, 11) is 0. The Morgan fingerprint density at radius 1 is 1.22 bits per heavy atom. The molecular weight excluding hydrogens is 340 g/mol. The van der Waals surface area contributed by atoms with Gasteiger partial charge in [-0.1, -0.05) is 24.3 Å². The van der Waals surface area contributed by atoms with Crippen LogP contribution in [0, 0.1) is 0 Å². The molecule has 3 heterocycles. The first-order chi connectivity index (χ1) is 12.8. The summed E-state index contributed by atoms with van der Waals surface area (Å²) in [4.78, 5) is 27.9. The summed E-state index contributed by atoms with van der Waals surface area (Å²) in [5, 5.41) is 1.09. The molecule has 0 unspecified atom stereocenters. The molecule has 0 aliphatic carbocycles. The van der Waals surface area contributed by atoms with Crippen LogP contribution < -0.4 is 0 Å². The molecule has 2 aromatic rings. The predicted octanol–water partition coefficient (Wildman–Crippen LogP) is 4.59. The van der Waals surface area contributed by atoms with E-state index in [0.29, 0.717) is 6.54 Å². The van der Waals surface area contributed by atoms with Crippen LogP contribution in [0.2, 0.25) is 0 Å². The van der Waals surface area contributed by atoms with Crippen molar-refractivity contribution in [1.29, 1.82) is 0 Å². The van der Waals surface area contributed by atoms with Gasteiger partial charge in [-0.05, 0) is 58.6 Å². The van der Waals surface area contributed by atoms with E-state index in [4.69, 9.17) is 4.74 Å². The van der Waals surface area contributed by atoms with E-state index in [-0.39, 0.29) is 18.0 Å². The molecule has 1 amide bonds. The largest absolute Gasteiger partial charge is 0.443 e. The summed E-state index contributed by atoms with van der Waals surface area (Å²) in [6.07, 6.45) is 3.87. The lowest BCUT2D eigenvalue weighted by Crippen LogP contribution is -2.45. The molecule has 0 N–H and O–H groups in total. The summed E-state index contributed by atoms with van der Waals surface area (Å²) in [6.45, 7) is 8.23. The first-order valence-electron chi connectivity index (χ1n) is 9.63. The summed E-state index contributed by atoms with van der Waals surface area (Å²) < 4.78 is 7.42. The molecule has 0 bridgehead atoms. The molecule has 1 atom stereocenters. The second-order valence-corrected chi connectivity index (χ2v) is 8.31. The maximum atomic E-state index is 13.1. The Kier molecular flexibility index (Phi) is 4.13. The van der Waals surface area contributed by atoms with Crippen molar-refractivity contribution in [2.45, 2.75) is 58.6 Å². The van der Waals surface area contributed by atoms with Gasteiger partial charge < -0.3 is 9.64 Å². The van der Waals surface area contributed by atoms with Crippen molar-refractivity contribution in [1.82, 2.24) is 9.47 Å². The summed E-state index contributed by atoms with van der Waals surface area (Å²) in [6, 6.07) is 7.88. The maximum Gasteiger partial charge on any atom is 0.419 e. The number of nitrogens with zero attached hydrogens (tertiary/aromatic N) is 2. The smallest absolute Gasteiger partial charge is 0.419 e. The monoisotopic (exact) mass is 366 g/mol. The molecule has 1 aromatic carbocycles. The lowest BCUT2D eigenvalue weighted by Gasteiger charge is -2.40. The number of carbonyl (C=O) groups excluding carboxylic acids is 2. The van der Waals surface area contributed by atoms with Gasteiger partial charge in [0.1, 0.15) is 5.60 Å². The van der Waals surface area contributed by atoms with E-state index in [9.17, 15) is 9.59 Å². The van der Waals surface area contributed by atoms with Crippen LogP contribution in [-0.2, 0) is 16.0 Å². The average molecular weight is 366 g/mol. The van der Waals surface area contributed by atoms with Crippen LogP contribution in [0.3, 0.4) is 0 Å². The van der Waals surface area contributed by atoms with Gasteiger partial charge in [-0.15, -0.1) is 0 Å². The van der Waals surface area contributed by atoms with Gasteiger partial charge in [-0.2, -0.15) is 0 Å². The van der Waals surface area contributed by atoms with E-state index in [1.54, 1.807) is 4.57 Å². The minimum Gasteiger partial charge on any atom is -0.443 e. The molecule has 0 spiro atoms. The molecule has 2 aliphatic heterocycles. The minimum atomic E-state index is -0.579. The Hall–Kier alpha value is -2.56. The summed E-state index contributed by atoms with van der Waals surface area (Å²) in [5.41, 5.74) is 3.26. The Labute approximate surface area is 159 Å². The van der Waals surface area contributed by atoms with Crippen LogP contribution in [0.25, 0.3) is 10.9 Å². The highest BCUT2D eigenvalue weighted by Gasteiger charge is 2.40. The van der Waals surface area contributed by atoms with Crippen molar-refractivity contribution in [2.75, 3.05) is 6.54 Å². The zero-order valence-electron chi connectivity index (χ0n) is 16.4. The topological polar surface area (TPSA) is 51.5 Å². The van der Waals surface area contributed by atoms with Gasteiger partial charge in [0.05, 0.1) is 17.3 Å². The van der Waals surface area contributed by atoms with Crippen molar-refractivity contribution < 1.29 is 14.3 Å². The molecule has 5 heteroatoms. The number of fused-ring (bicyclic) bond motifs is 5. The normalized spacial score (nSPS) is 21.3. The van der Waals surface area contributed by atoms with E-state index in [1.807, 2.05) is 56.9 Å². The van der Waals surface area contributed by atoms with Gasteiger partial charge in [-0.25, -0.2) is 9.36 Å². The highest BCUT2D eigenvalue weighted by atomic mass is 16.6. The number of benzene rings is 1. The number of hydrogen-bond acceptors (Lipinski definition) is 3. The second kappa shape index (κ2) is 6.25. The fraction of sp³-hybridized carbons (Fsp3) is 0.455. The average Bonchev–Trinajstić information content (AvgIpc) is 2.95. The summed E-state index contributed by atoms with van der Waals surface area (Å²) in [5.74, 6) is 0.0976. The van der Waals surface area contributed by atoms with E-state index < -0.39 is 5.60 Å². The zero-order chi connectivity index (χ0) is 19.3. The number of aromatic nitrogens is 1. The molecule has 0 saturated carbocycles. The van der Waals surface area contributed by atoms with Crippen molar-refractivity contribution in [3.63, 3.8) is 0 Å². The molecule has 4 rings (SSSR count). The number of rotatable bonds is 0. The van der Waals surface area contributed by atoms with E-state index in [2.05, 4.69) is 6.07 Å². The Morgan fingerprint density at radius 3 is 2.67 bits per heavy atom. The molecule has 1 aromatic heterocycles. The van der Waals surface area contributed by atoms with Crippen molar-refractivity contribution in [2.24, 2.45) is 0 Å². The van der Waals surface area contributed by atoms with Gasteiger partial charge in [0.2, 0.25) is 5.91 Å². The quantitative estimate of drug-likeness (QED) is 0.641. The number of carbonyl (C=O) groups is 2. The van der Waals surface area contributed by atoms with Crippen LogP contribution in [0.15, 0.2) is 35.9 Å². The molecule has 1 saturated heterocycles. The van der Waals surface area contributed by atoms with Crippen molar-refractivity contribution in [3.05, 3.63) is 47.2 Å². The fourth-order valence-electron chi connectivity index (χ4n) is 4.37. The Morgan fingerprint density at radius 2 is 1.96 bits per heavy atom. The highest BCUT2D eigenvalue weighted by molar-refractivity contribution is 5.97. The molecule has 1 fully saturated rings. The summed E-state index contributed by atoms with van der Waals surface area (Å²) >= 11 is 0. The standard InChI is InChI=1S/C22H26N2O3/c1-5-14-10-11-18-19-16(12-13-23(18)20(14)25)15-8-6-7-9-17(15)24(19)21(26)27-22(2,3)4/h5-9,18H,10-13H2,1-4H3/b14-5-/t18-/m1/s1. The predicted molar refractivity (Wildman–Crippen MR) is 105 cm³/mol. The van der Waals surface area contributed by atoms with Gasteiger partial charge in [0.25, 0.3) is 0 Å². The number of hydrogen-bond donors (Lipinski definition) is 0. The number of para-hydroxylation sites is 1. The Bertz CT molecular complexity index is 962. The molecule has 27 heavy (non-hydrogen) atoms. The van der Waals surface area contributed by atoms with E-state index in [1.165, 1.54) is 5.56 Å². The number of piperidine rings is 1. The lowest BCUT2D eigenvalue weighted by atomic mass is 9.88. The number of amides is 1. The third kappa shape index (κ3) is 2.85. The van der Waals surface area contributed by atoms with Crippen molar-refractivity contribution in [3.8, 4) is 0 Å². The van der Waals surface area contributed by atoms with Crippen molar-refractivity contribution >= 4 is 22.9 Å². The van der Waals surface area contributed by atoms with Crippen LogP contribution in [0.1, 0.15) is 57.8 Å². The zero-order valence-corrected chi connectivity index (χ0v) is 16.4. The molecule has 142 valence electrons. The lowest BCUT2D eigenvalue weighted by molar-refractivity contribution is -0.132. The number of allylic oxidation sites excluding steroid dienone is 1. The van der Waals surface area contributed by atoms with Crippen LogP contribution in [0.5, 0.6) is 0 Å². The van der Waals surface area contributed by atoms with Crippen LogP contribution >= 0.6 is 0 Å². The fourth-order valence-corrected chi connectivity index (χ4v) is 4.37. The third-order valence-corrected chi connectivity index (χ3v) is 5.46. The van der Waals surface area contributed by atoms with E-state index in [0.717, 1.165) is 41.4 Å². The number of ether oxygens (including phenoxy) is 1. The van der Waals surface area contributed by atoms with Gasteiger partial charge in [-0.3, -0.25) is 4.79 Å². The minimum absolute atomic E-state index is 0.0788. The van der Waals surface area contributed by atoms with Crippen LogP contribution in [0.4, 0.5) is 4.79 Å².